The largest absolute Gasteiger partial charge is 0.481 e. The fraction of sp³-hybridized carbons (Fsp3) is 0.800. The van der Waals surface area contributed by atoms with E-state index in [1.165, 1.54) is 16.7 Å². The lowest BCUT2D eigenvalue weighted by Crippen LogP contribution is -2.52. The van der Waals surface area contributed by atoms with Gasteiger partial charge in [-0.2, -0.15) is 0 Å². The molecule has 0 aromatic heterocycles. The van der Waals surface area contributed by atoms with Gasteiger partial charge in [0, 0.05) is 18.8 Å². The summed E-state index contributed by atoms with van der Waals surface area (Å²) in [7, 11) is 0. The van der Waals surface area contributed by atoms with Crippen molar-refractivity contribution in [2.45, 2.75) is 45.3 Å². The first-order valence-electron chi connectivity index (χ1n) is 7.78. The summed E-state index contributed by atoms with van der Waals surface area (Å²) in [6.07, 6.45) is 0.460. The summed E-state index contributed by atoms with van der Waals surface area (Å²) in [5.74, 6) is -0.291. The molecule has 130 valence electrons. The Morgan fingerprint density at radius 3 is 2.30 bits per heavy atom. The number of hydrogen-bond donors (Lipinski definition) is 1. The molecule has 2 rings (SSSR count). The topological polar surface area (TPSA) is 87.2 Å². The van der Waals surface area contributed by atoms with Gasteiger partial charge in [-0.15, -0.1) is 11.8 Å². The fourth-order valence-corrected chi connectivity index (χ4v) is 3.84. The molecular formula is C15H24N2O5S. The lowest BCUT2D eigenvalue weighted by Gasteiger charge is -2.34. The molecule has 0 bridgehead atoms. The molecule has 0 radical (unpaired) electrons. The van der Waals surface area contributed by atoms with Crippen molar-refractivity contribution in [2.75, 3.05) is 24.7 Å². The van der Waals surface area contributed by atoms with Gasteiger partial charge < -0.3 is 14.7 Å². The third kappa shape index (κ3) is 4.53. The first kappa shape index (κ1) is 17.9. The van der Waals surface area contributed by atoms with Gasteiger partial charge in [-0.25, -0.2) is 4.79 Å². The van der Waals surface area contributed by atoms with Gasteiger partial charge in [0.05, 0.1) is 11.8 Å². The van der Waals surface area contributed by atoms with Crippen molar-refractivity contribution in [2.24, 2.45) is 5.92 Å². The second-order valence-electron chi connectivity index (χ2n) is 6.90. The van der Waals surface area contributed by atoms with Crippen LogP contribution in [0.4, 0.5) is 4.79 Å². The molecule has 8 heteroatoms. The molecule has 1 atom stereocenters. The van der Waals surface area contributed by atoms with E-state index in [1.54, 1.807) is 25.7 Å². The zero-order valence-corrected chi connectivity index (χ0v) is 14.6. The molecule has 0 aromatic rings. The molecule has 2 fully saturated rings. The van der Waals surface area contributed by atoms with E-state index < -0.39 is 23.7 Å². The number of carboxylic acid groups (broad SMARTS) is 1. The van der Waals surface area contributed by atoms with E-state index in [0.29, 0.717) is 37.6 Å². The maximum Gasteiger partial charge on any atom is 0.411 e. The molecule has 0 saturated carbocycles. The van der Waals surface area contributed by atoms with Crippen LogP contribution in [0.2, 0.25) is 0 Å². The van der Waals surface area contributed by atoms with Crippen LogP contribution in [0.25, 0.3) is 0 Å². The van der Waals surface area contributed by atoms with E-state index in [2.05, 4.69) is 0 Å². The highest BCUT2D eigenvalue weighted by molar-refractivity contribution is 7.99. The predicted molar refractivity (Wildman–Crippen MR) is 86.1 cm³/mol. The molecule has 2 amide bonds. The number of thioether (sulfide) groups is 1. The van der Waals surface area contributed by atoms with Crippen LogP contribution in [0, 0.1) is 5.92 Å². The Balaban J connectivity index is 1.96. The number of carbonyl (C=O) groups excluding carboxylic acids is 2. The Bertz CT molecular complexity index is 483. The molecule has 1 unspecified atom stereocenters. The van der Waals surface area contributed by atoms with Crippen LogP contribution in [-0.4, -0.2) is 69.2 Å². The number of carboxylic acids is 1. The van der Waals surface area contributed by atoms with Gasteiger partial charge in [-0.05, 0) is 33.6 Å². The number of ether oxygens (including phenoxy) is 1. The van der Waals surface area contributed by atoms with E-state index in [-0.39, 0.29) is 11.8 Å². The molecular weight excluding hydrogens is 320 g/mol. The van der Waals surface area contributed by atoms with E-state index in [9.17, 15) is 14.4 Å². The highest BCUT2D eigenvalue weighted by Gasteiger charge is 2.40. The summed E-state index contributed by atoms with van der Waals surface area (Å²) in [5.41, 5.74) is -0.599. The van der Waals surface area contributed by atoms with Crippen molar-refractivity contribution in [1.29, 1.82) is 0 Å². The molecule has 2 heterocycles. The van der Waals surface area contributed by atoms with Gasteiger partial charge in [0.15, 0.2) is 0 Å². The Morgan fingerprint density at radius 2 is 1.78 bits per heavy atom. The van der Waals surface area contributed by atoms with Crippen LogP contribution in [0.1, 0.15) is 33.6 Å². The van der Waals surface area contributed by atoms with E-state index in [1.807, 2.05) is 0 Å². The van der Waals surface area contributed by atoms with E-state index >= 15 is 0 Å². The summed E-state index contributed by atoms with van der Waals surface area (Å²) in [6, 6.07) is -0.517. The minimum atomic E-state index is -0.802. The number of carbonyl (C=O) groups is 3. The Labute approximate surface area is 140 Å². The Morgan fingerprint density at radius 1 is 1.17 bits per heavy atom. The average Bonchev–Trinajstić information content (AvgIpc) is 2.94. The first-order chi connectivity index (χ1) is 10.7. The molecule has 23 heavy (non-hydrogen) atoms. The summed E-state index contributed by atoms with van der Waals surface area (Å²) < 4.78 is 5.36. The van der Waals surface area contributed by atoms with E-state index in [4.69, 9.17) is 9.84 Å². The van der Waals surface area contributed by atoms with Crippen LogP contribution >= 0.6 is 11.8 Å². The molecule has 2 saturated heterocycles. The number of amides is 2. The fourth-order valence-electron chi connectivity index (χ4n) is 2.71. The maximum atomic E-state index is 12.7. The number of likely N-dealkylation sites (tertiary alicyclic amines) is 1. The van der Waals surface area contributed by atoms with Gasteiger partial charge in [0.25, 0.3) is 0 Å². The maximum absolute atomic E-state index is 12.7. The van der Waals surface area contributed by atoms with Crippen molar-refractivity contribution in [1.82, 2.24) is 9.80 Å². The highest BCUT2D eigenvalue weighted by Crippen LogP contribution is 2.26. The van der Waals surface area contributed by atoms with Gasteiger partial charge in [0.1, 0.15) is 11.6 Å². The molecule has 2 aliphatic rings. The van der Waals surface area contributed by atoms with Crippen LogP contribution < -0.4 is 0 Å². The lowest BCUT2D eigenvalue weighted by atomic mass is 9.96. The second kappa shape index (κ2) is 6.98. The third-order valence-corrected chi connectivity index (χ3v) is 4.96. The third-order valence-electron chi connectivity index (χ3n) is 3.95. The standard InChI is InChI=1S/C15H24N2O5S/c1-15(2,3)22-14(21)17-9-23-8-11(17)12(18)16-6-4-10(5-7-16)13(19)20/h10-11H,4-9H2,1-3H3,(H,19,20). The van der Waals surface area contributed by atoms with Gasteiger partial charge in [-0.3, -0.25) is 14.5 Å². The van der Waals surface area contributed by atoms with Gasteiger partial charge >= 0.3 is 12.1 Å². The zero-order chi connectivity index (χ0) is 17.2. The molecule has 7 nitrogen and oxygen atoms in total. The minimum absolute atomic E-state index is 0.107. The summed E-state index contributed by atoms with van der Waals surface area (Å²) in [5, 5.41) is 9.02. The molecule has 0 spiro atoms. The summed E-state index contributed by atoms with van der Waals surface area (Å²) in [6.45, 7) is 6.24. The van der Waals surface area contributed by atoms with Crippen LogP contribution in [0.15, 0.2) is 0 Å². The Kier molecular flexibility index (Phi) is 5.44. The smallest absolute Gasteiger partial charge is 0.411 e. The summed E-state index contributed by atoms with van der Waals surface area (Å²) in [4.78, 5) is 39.0. The molecule has 0 aliphatic carbocycles. The SMILES string of the molecule is CC(C)(C)OC(=O)N1CSCC1C(=O)N1CCC(C(=O)O)CC1. The van der Waals surface area contributed by atoms with Gasteiger partial charge in [-0.1, -0.05) is 0 Å². The number of aliphatic carboxylic acids is 1. The number of hydrogen-bond acceptors (Lipinski definition) is 5. The second-order valence-corrected chi connectivity index (χ2v) is 7.90. The number of nitrogens with zero attached hydrogens (tertiary/aromatic N) is 2. The molecule has 1 N–H and O–H groups in total. The lowest BCUT2D eigenvalue weighted by molar-refractivity contribution is -0.146. The molecule has 2 aliphatic heterocycles. The first-order valence-corrected chi connectivity index (χ1v) is 8.93. The molecule has 0 aromatic carbocycles. The van der Waals surface area contributed by atoms with Crippen molar-refractivity contribution in [3.63, 3.8) is 0 Å². The number of piperidine rings is 1. The predicted octanol–water partition coefficient (Wildman–Crippen LogP) is 1.62. The number of rotatable bonds is 2. The zero-order valence-electron chi connectivity index (χ0n) is 13.8. The van der Waals surface area contributed by atoms with Crippen LogP contribution in [0.3, 0.4) is 0 Å². The van der Waals surface area contributed by atoms with Crippen molar-refractivity contribution >= 4 is 29.7 Å². The van der Waals surface area contributed by atoms with Gasteiger partial charge in [0.2, 0.25) is 5.91 Å². The monoisotopic (exact) mass is 344 g/mol. The van der Waals surface area contributed by atoms with Crippen LogP contribution in [0.5, 0.6) is 0 Å². The van der Waals surface area contributed by atoms with Crippen molar-refractivity contribution in [3.8, 4) is 0 Å². The summed E-state index contributed by atoms with van der Waals surface area (Å²) >= 11 is 1.53. The minimum Gasteiger partial charge on any atom is -0.481 e. The van der Waals surface area contributed by atoms with Crippen molar-refractivity contribution < 1.29 is 24.2 Å². The quantitative estimate of drug-likeness (QED) is 0.819. The Hall–Kier alpha value is -1.44. The normalized spacial score (nSPS) is 23.0. The average molecular weight is 344 g/mol. The van der Waals surface area contributed by atoms with E-state index in [0.717, 1.165) is 0 Å². The van der Waals surface area contributed by atoms with Crippen LogP contribution in [-0.2, 0) is 14.3 Å². The van der Waals surface area contributed by atoms with Crippen molar-refractivity contribution in [3.05, 3.63) is 0 Å². The highest BCUT2D eigenvalue weighted by atomic mass is 32.2.